The molecule has 0 radical (unpaired) electrons. The van der Waals surface area contributed by atoms with Gasteiger partial charge in [0.1, 0.15) is 13.2 Å². The monoisotopic (exact) mass is 506 g/mol. The largest absolute Gasteiger partial charge is 0.543 e. The summed E-state index contributed by atoms with van der Waals surface area (Å²) in [6.45, 7) is 3.14. The minimum atomic E-state index is -1.37. The van der Waals surface area contributed by atoms with Gasteiger partial charge >= 0.3 is 24.2 Å². The Labute approximate surface area is 206 Å². The lowest BCUT2D eigenvalue weighted by Crippen LogP contribution is -2.17. The van der Waals surface area contributed by atoms with Crippen LogP contribution in [-0.2, 0) is 51.9 Å². The molecule has 194 valence electrons. The number of benzene rings is 2. The molecule has 0 unspecified atom stereocenters. The molecular formula is C24H26O12. The lowest BCUT2D eigenvalue weighted by Gasteiger charge is -2.06. The van der Waals surface area contributed by atoms with E-state index in [0.29, 0.717) is 0 Å². The highest BCUT2D eigenvalue weighted by Gasteiger charge is 2.14. The van der Waals surface area contributed by atoms with Gasteiger partial charge in [0.05, 0.1) is 21.2 Å². The molecule has 12 heteroatoms. The number of rotatable bonds is 13. The quantitative estimate of drug-likeness (QED) is 0.162. The van der Waals surface area contributed by atoms with Crippen LogP contribution in [0.2, 0.25) is 0 Å². The summed E-state index contributed by atoms with van der Waals surface area (Å²) >= 11 is 0. The van der Waals surface area contributed by atoms with Gasteiger partial charge in [-0.2, -0.15) is 0 Å². The van der Waals surface area contributed by atoms with Crippen LogP contribution in [0, 0.1) is 0 Å². The molecule has 0 saturated carbocycles. The predicted molar refractivity (Wildman–Crippen MR) is 119 cm³/mol. The molecule has 0 aliphatic heterocycles. The molecule has 0 aliphatic carbocycles. The summed E-state index contributed by atoms with van der Waals surface area (Å²) in [6.07, 6.45) is 0.939. The molecule has 0 heterocycles. The zero-order valence-electron chi connectivity index (χ0n) is 19.8. The summed E-state index contributed by atoms with van der Waals surface area (Å²) in [5, 5.41) is 8.15. The number of hydrogen-bond acceptors (Lipinski definition) is 12. The maximum Gasteiger partial charge on any atom is 0.543 e. The number of hydrogen-bond donors (Lipinski definition) is 0. The van der Waals surface area contributed by atoms with Crippen LogP contribution in [0.25, 0.3) is 0 Å². The van der Waals surface area contributed by atoms with E-state index in [1.807, 2.05) is 13.8 Å². The van der Waals surface area contributed by atoms with Crippen LogP contribution in [0.5, 0.6) is 0 Å². The van der Waals surface area contributed by atoms with Crippen molar-refractivity contribution in [2.24, 2.45) is 0 Å². The van der Waals surface area contributed by atoms with E-state index in [4.69, 9.17) is 0 Å². The van der Waals surface area contributed by atoms with Gasteiger partial charge in [-0.05, 0) is 48.2 Å². The summed E-state index contributed by atoms with van der Waals surface area (Å²) in [5.74, 6) is -1.77. The fraction of sp³-hybridized carbons (Fsp3) is 0.333. The summed E-state index contributed by atoms with van der Waals surface area (Å²) < 4.78 is 9.03. The third kappa shape index (κ3) is 10.4. The first-order chi connectivity index (χ1) is 17.4. The molecule has 0 amide bonds. The van der Waals surface area contributed by atoms with E-state index >= 15 is 0 Å². The van der Waals surface area contributed by atoms with E-state index < -0.39 is 37.5 Å². The SMILES string of the molecule is CCCc1ccc(C(=O)OOOC(=O)OCCOC(=O)OOOC(=O)c2ccc(CCC)cc2)cc1. The Morgan fingerprint density at radius 3 is 1.25 bits per heavy atom. The Bertz CT molecular complexity index is 904. The summed E-state index contributed by atoms with van der Waals surface area (Å²) in [5.41, 5.74) is 2.50. The molecule has 0 bridgehead atoms. The van der Waals surface area contributed by atoms with Gasteiger partial charge in [-0.1, -0.05) is 51.0 Å². The van der Waals surface area contributed by atoms with Crippen LogP contribution in [-0.4, -0.2) is 37.5 Å². The fourth-order valence-electron chi connectivity index (χ4n) is 2.74. The predicted octanol–water partition coefficient (Wildman–Crippen LogP) is 4.61. The Kier molecular flexibility index (Phi) is 12.2. The first-order valence-electron chi connectivity index (χ1n) is 11.0. The topological polar surface area (TPSA) is 142 Å². The van der Waals surface area contributed by atoms with E-state index in [9.17, 15) is 19.2 Å². The van der Waals surface area contributed by atoms with Gasteiger partial charge in [-0.25, -0.2) is 29.0 Å². The van der Waals surface area contributed by atoms with Crippen molar-refractivity contribution in [3.63, 3.8) is 0 Å². The van der Waals surface area contributed by atoms with E-state index in [2.05, 4.69) is 39.1 Å². The Balaban J connectivity index is 1.52. The summed E-state index contributed by atoms with van der Waals surface area (Å²) in [7, 11) is 0. The lowest BCUT2D eigenvalue weighted by atomic mass is 10.1. The van der Waals surface area contributed by atoms with Crippen LogP contribution in [0.3, 0.4) is 0 Å². The smallest absolute Gasteiger partial charge is 0.429 e. The molecule has 36 heavy (non-hydrogen) atoms. The zero-order valence-corrected chi connectivity index (χ0v) is 19.8. The van der Waals surface area contributed by atoms with Crippen molar-refractivity contribution in [2.75, 3.05) is 13.2 Å². The fourth-order valence-corrected chi connectivity index (χ4v) is 2.74. The van der Waals surface area contributed by atoms with Crippen molar-refractivity contribution >= 4 is 24.2 Å². The third-order valence-electron chi connectivity index (χ3n) is 4.40. The van der Waals surface area contributed by atoms with Gasteiger partial charge in [0.25, 0.3) is 0 Å². The second-order valence-electron chi connectivity index (χ2n) is 7.14. The molecule has 2 rings (SSSR count). The number of ether oxygens (including phenoxy) is 2. The Morgan fingerprint density at radius 2 is 0.917 bits per heavy atom. The van der Waals surface area contributed by atoms with Gasteiger partial charge in [-0.3, -0.25) is 9.78 Å². The van der Waals surface area contributed by atoms with Crippen LogP contribution in [0.4, 0.5) is 9.59 Å². The van der Waals surface area contributed by atoms with Crippen LogP contribution >= 0.6 is 0 Å². The average molecular weight is 506 g/mol. The van der Waals surface area contributed by atoms with E-state index in [-0.39, 0.29) is 11.1 Å². The van der Waals surface area contributed by atoms with Crippen molar-refractivity contribution < 1.29 is 58.3 Å². The highest BCUT2D eigenvalue weighted by Crippen LogP contribution is 2.09. The second-order valence-corrected chi connectivity index (χ2v) is 7.14. The average Bonchev–Trinajstić information content (AvgIpc) is 2.88. The van der Waals surface area contributed by atoms with Crippen molar-refractivity contribution in [2.45, 2.75) is 39.5 Å². The number of carbonyl (C=O) groups is 4. The number of aryl methyl sites for hydroxylation is 2. The van der Waals surface area contributed by atoms with Crippen molar-refractivity contribution in [3.05, 3.63) is 70.8 Å². The molecule has 2 aromatic carbocycles. The van der Waals surface area contributed by atoms with E-state index in [0.717, 1.165) is 36.8 Å². The zero-order chi connectivity index (χ0) is 26.2. The maximum atomic E-state index is 11.8. The molecule has 12 nitrogen and oxygen atoms in total. The summed E-state index contributed by atoms with van der Waals surface area (Å²) in [4.78, 5) is 63.1. The second kappa shape index (κ2) is 15.7. The molecule has 0 saturated heterocycles. The Hall–Kier alpha value is -4.16. The number of carbonyl (C=O) groups excluding carboxylic acids is 4. The van der Waals surface area contributed by atoms with E-state index in [1.54, 1.807) is 48.5 Å². The molecule has 2 aromatic rings. The van der Waals surface area contributed by atoms with Crippen molar-refractivity contribution in [1.29, 1.82) is 0 Å². The minimum Gasteiger partial charge on any atom is -0.429 e. The van der Waals surface area contributed by atoms with Crippen LogP contribution in [0.1, 0.15) is 58.5 Å². The van der Waals surface area contributed by atoms with Crippen LogP contribution in [0.15, 0.2) is 48.5 Å². The lowest BCUT2D eigenvalue weighted by molar-refractivity contribution is -0.453. The van der Waals surface area contributed by atoms with Crippen molar-refractivity contribution in [1.82, 2.24) is 0 Å². The van der Waals surface area contributed by atoms with Gasteiger partial charge < -0.3 is 9.47 Å². The van der Waals surface area contributed by atoms with Gasteiger partial charge in [0.2, 0.25) is 0 Å². The van der Waals surface area contributed by atoms with Gasteiger partial charge in [-0.15, -0.1) is 0 Å². The molecule has 0 atom stereocenters. The highest BCUT2D eigenvalue weighted by atomic mass is 17.5. The first-order valence-corrected chi connectivity index (χ1v) is 11.0. The highest BCUT2D eigenvalue weighted by molar-refractivity contribution is 5.89. The Morgan fingerprint density at radius 1 is 0.556 bits per heavy atom. The third-order valence-corrected chi connectivity index (χ3v) is 4.40. The van der Waals surface area contributed by atoms with Crippen LogP contribution < -0.4 is 0 Å². The molecule has 0 aliphatic rings. The molecule has 0 spiro atoms. The molecule has 0 fully saturated rings. The standard InChI is InChI=1S/C24H26O12/c1-3-5-17-7-11-19(12-8-17)21(25)31-35-33-23(27)29-15-16-30-24(28)34-36-32-22(26)20-13-9-18(6-4-2)10-14-20/h7-14H,3-6,15-16H2,1-2H3. The summed E-state index contributed by atoms with van der Waals surface area (Å²) in [6, 6.07) is 13.2. The molecule has 0 N–H and O–H groups in total. The normalized spacial score (nSPS) is 10.2. The van der Waals surface area contributed by atoms with E-state index in [1.165, 1.54) is 0 Å². The molecular weight excluding hydrogens is 480 g/mol. The van der Waals surface area contributed by atoms with Gasteiger partial charge in [0, 0.05) is 0 Å². The van der Waals surface area contributed by atoms with Crippen molar-refractivity contribution in [3.8, 4) is 0 Å². The minimum absolute atomic E-state index is 0.191. The first kappa shape index (κ1) is 28.1. The van der Waals surface area contributed by atoms with Gasteiger partial charge in [0.15, 0.2) is 0 Å². The maximum absolute atomic E-state index is 11.8. The molecule has 0 aromatic heterocycles.